The molecule has 6 heteroatoms. The molecule has 2 aromatic rings. The smallest absolute Gasteiger partial charge is 0.337 e. The Bertz CT molecular complexity index is 653. The second kappa shape index (κ2) is 6.51. The van der Waals surface area contributed by atoms with Crippen molar-refractivity contribution in [3.8, 4) is 0 Å². The van der Waals surface area contributed by atoms with Crippen molar-refractivity contribution < 1.29 is 14.5 Å². The van der Waals surface area contributed by atoms with Crippen LogP contribution in [0.5, 0.6) is 0 Å². The Kier molecular flexibility index (Phi) is 4.50. The maximum absolute atomic E-state index is 11.4. The topological polar surface area (TPSA) is 81.5 Å². The zero-order chi connectivity index (χ0) is 15.2. The van der Waals surface area contributed by atoms with Gasteiger partial charge in [-0.2, -0.15) is 0 Å². The van der Waals surface area contributed by atoms with Gasteiger partial charge in [0.15, 0.2) is 0 Å². The second-order valence-electron chi connectivity index (χ2n) is 4.35. The molecule has 2 rings (SSSR count). The Morgan fingerprint density at radius 3 is 2.57 bits per heavy atom. The van der Waals surface area contributed by atoms with Crippen molar-refractivity contribution in [2.45, 2.75) is 6.54 Å². The maximum atomic E-state index is 11.4. The number of hydrogen-bond acceptors (Lipinski definition) is 5. The van der Waals surface area contributed by atoms with Crippen LogP contribution < -0.4 is 5.32 Å². The first-order valence-electron chi connectivity index (χ1n) is 6.26. The number of non-ortho nitro benzene ring substituents is 1. The zero-order valence-electron chi connectivity index (χ0n) is 11.4. The van der Waals surface area contributed by atoms with Crippen molar-refractivity contribution in [2.24, 2.45) is 0 Å². The van der Waals surface area contributed by atoms with E-state index >= 15 is 0 Å². The molecule has 6 nitrogen and oxygen atoms in total. The summed E-state index contributed by atoms with van der Waals surface area (Å²) in [6, 6.07) is 13.2. The molecule has 0 aromatic heterocycles. The Hall–Kier alpha value is -2.89. The van der Waals surface area contributed by atoms with Crippen molar-refractivity contribution in [1.29, 1.82) is 0 Å². The van der Waals surface area contributed by atoms with Gasteiger partial charge in [-0.3, -0.25) is 10.1 Å². The van der Waals surface area contributed by atoms with Gasteiger partial charge in [0.05, 0.1) is 17.6 Å². The number of methoxy groups -OCH3 is 1. The molecule has 0 fully saturated rings. The zero-order valence-corrected chi connectivity index (χ0v) is 11.4. The van der Waals surface area contributed by atoms with E-state index in [1.165, 1.54) is 19.2 Å². The standard InChI is InChI=1S/C15H14N2O4/c1-21-15(18)12-3-2-4-13(9-12)16-10-11-5-7-14(8-6-11)17(19)20/h2-9,16H,10H2,1H3. The molecule has 0 saturated carbocycles. The summed E-state index contributed by atoms with van der Waals surface area (Å²) in [6.07, 6.45) is 0. The van der Waals surface area contributed by atoms with Crippen LogP contribution in [0.2, 0.25) is 0 Å². The lowest BCUT2D eigenvalue weighted by Crippen LogP contribution is -2.04. The molecule has 0 aliphatic carbocycles. The number of anilines is 1. The summed E-state index contributed by atoms with van der Waals surface area (Å²) in [5, 5.41) is 13.7. The summed E-state index contributed by atoms with van der Waals surface area (Å²) in [6.45, 7) is 0.503. The highest BCUT2D eigenvalue weighted by atomic mass is 16.6. The second-order valence-corrected chi connectivity index (χ2v) is 4.35. The molecule has 0 aliphatic heterocycles. The molecule has 0 radical (unpaired) electrons. The van der Waals surface area contributed by atoms with E-state index in [4.69, 9.17) is 0 Å². The van der Waals surface area contributed by atoms with E-state index in [9.17, 15) is 14.9 Å². The number of esters is 1. The predicted octanol–water partition coefficient (Wildman–Crippen LogP) is 2.99. The number of nitro groups is 1. The van der Waals surface area contributed by atoms with E-state index in [0.717, 1.165) is 11.3 Å². The summed E-state index contributed by atoms with van der Waals surface area (Å²) in [7, 11) is 1.33. The maximum Gasteiger partial charge on any atom is 0.337 e. The van der Waals surface area contributed by atoms with Gasteiger partial charge < -0.3 is 10.1 Å². The molecule has 2 aromatic carbocycles. The molecule has 0 saturated heterocycles. The van der Waals surface area contributed by atoms with Gasteiger partial charge in [0.1, 0.15) is 0 Å². The highest BCUT2D eigenvalue weighted by molar-refractivity contribution is 5.90. The van der Waals surface area contributed by atoms with Crippen LogP contribution in [-0.2, 0) is 11.3 Å². The van der Waals surface area contributed by atoms with Crippen molar-refractivity contribution in [3.63, 3.8) is 0 Å². The average molecular weight is 286 g/mol. The molecule has 0 unspecified atom stereocenters. The molecule has 0 amide bonds. The van der Waals surface area contributed by atoms with E-state index in [0.29, 0.717) is 12.1 Å². The lowest BCUT2D eigenvalue weighted by atomic mass is 10.1. The van der Waals surface area contributed by atoms with Crippen molar-refractivity contribution >= 4 is 17.3 Å². The van der Waals surface area contributed by atoms with Crippen LogP contribution in [0.1, 0.15) is 15.9 Å². The molecule has 0 atom stereocenters. The minimum Gasteiger partial charge on any atom is -0.465 e. The molecule has 0 heterocycles. The normalized spacial score (nSPS) is 9.95. The Morgan fingerprint density at radius 1 is 1.24 bits per heavy atom. The summed E-state index contributed by atoms with van der Waals surface area (Å²) < 4.78 is 4.66. The number of carbonyl (C=O) groups is 1. The van der Waals surface area contributed by atoms with E-state index in [2.05, 4.69) is 10.1 Å². The van der Waals surface area contributed by atoms with Crippen molar-refractivity contribution in [2.75, 3.05) is 12.4 Å². The van der Waals surface area contributed by atoms with Gasteiger partial charge in [-0.25, -0.2) is 4.79 Å². The third kappa shape index (κ3) is 3.79. The number of nitrogens with one attached hydrogen (secondary N) is 1. The Morgan fingerprint density at radius 2 is 1.95 bits per heavy atom. The highest BCUT2D eigenvalue weighted by Gasteiger charge is 2.06. The minimum atomic E-state index is -0.433. The number of nitro benzene ring substituents is 1. The average Bonchev–Trinajstić information content (AvgIpc) is 2.52. The van der Waals surface area contributed by atoms with Crippen LogP contribution in [0.3, 0.4) is 0 Å². The molecule has 1 N–H and O–H groups in total. The predicted molar refractivity (Wildman–Crippen MR) is 78.2 cm³/mol. The number of rotatable bonds is 5. The van der Waals surface area contributed by atoms with E-state index in [1.54, 1.807) is 30.3 Å². The molecule has 0 aliphatic rings. The van der Waals surface area contributed by atoms with Crippen LogP contribution in [-0.4, -0.2) is 18.0 Å². The number of ether oxygens (including phenoxy) is 1. The van der Waals surface area contributed by atoms with Gasteiger partial charge in [-0.05, 0) is 23.8 Å². The van der Waals surface area contributed by atoms with Gasteiger partial charge in [-0.1, -0.05) is 18.2 Å². The van der Waals surface area contributed by atoms with Gasteiger partial charge in [0.2, 0.25) is 0 Å². The number of hydrogen-bond donors (Lipinski definition) is 1. The molecule has 21 heavy (non-hydrogen) atoms. The van der Waals surface area contributed by atoms with Gasteiger partial charge in [0, 0.05) is 24.4 Å². The minimum absolute atomic E-state index is 0.0615. The molecule has 108 valence electrons. The van der Waals surface area contributed by atoms with Crippen molar-refractivity contribution in [3.05, 3.63) is 69.8 Å². The van der Waals surface area contributed by atoms with Crippen molar-refractivity contribution in [1.82, 2.24) is 0 Å². The number of carbonyl (C=O) groups excluding carboxylic acids is 1. The SMILES string of the molecule is COC(=O)c1cccc(NCc2ccc([N+](=O)[O-])cc2)c1. The van der Waals surface area contributed by atoms with Gasteiger partial charge in [-0.15, -0.1) is 0 Å². The third-order valence-corrected chi connectivity index (χ3v) is 2.93. The fourth-order valence-electron chi connectivity index (χ4n) is 1.81. The highest BCUT2D eigenvalue weighted by Crippen LogP contribution is 2.15. The summed E-state index contributed by atoms with van der Waals surface area (Å²) in [5.41, 5.74) is 2.21. The molecular formula is C15H14N2O4. The van der Waals surface area contributed by atoms with Crippen LogP contribution in [0.4, 0.5) is 11.4 Å². The Balaban J connectivity index is 2.02. The number of nitrogens with zero attached hydrogens (tertiary/aromatic N) is 1. The summed E-state index contributed by atoms with van der Waals surface area (Å²) in [4.78, 5) is 21.6. The van der Waals surface area contributed by atoms with E-state index < -0.39 is 10.9 Å². The molecule has 0 spiro atoms. The first-order chi connectivity index (χ1) is 10.1. The van der Waals surface area contributed by atoms with Crippen LogP contribution >= 0.6 is 0 Å². The van der Waals surface area contributed by atoms with Crippen LogP contribution in [0.15, 0.2) is 48.5 Å². The van der Waals surface area contributed by atoms with Gasteiger partial charge in [0.25, 0.3) is 5.69 Å². The molecule has 0 bridgehead atoms. The molecular weight excluding hydrogens is 272 g/mol. The largest absolute Gasteiger partial charge is 0.465 e. The lowest BCUT2D eigenvalue weighted by Gasteiger charge is -2.08. The summed E-state index contributed by atoms with van der Waals surface area (Å²) in [5.74, 6) is -0.394. The first kappa shape index (κ1) is 14.5. The van der Waals surface area contributed by atoms with E-state index in [-0.39, 0.29) is 5.69 Å². The van der Waals surface area contributed by atoms with E-state index in [1.807, 2.05) is 6.07 Å². The van der Waals surface area contributed by atoms with Gasteiger partial charge >= 0.3 is 5.97 Å². The van der Waals surface area contributed by atoms with Crippen LogP contribution in [0, 0.1) is 10.1 Å². The first-order valence-corrected chi connectivity index (χ1v) is 6.26. The fourth-order valence-corrected chi connectivity index (χ4v) is 1.81. The van der Waals surface area contributed by atoms with Crippen LogP contribution in [0.25, 0.3) is 0 Å². The third-order valence-electron chi connectivity index (χ3n) is 2.93. The number of benzene rings is 2. The Labute approximate surface area is 121 Å². The quantitative estimate of drug-likeness (QED) is 0.519. The lowest BCUT2D eigenvalue weighted by molar-refractivity contribution is -0.384. The fraction of sp³-hybridized carbons (Fsp3) is 0.133. The monoisotopic (exact) mass is 286 g/mol. The summed E-state index contributed by atoms with van der Waals surface area (Å²) >= 11 is 0.